The van der Waals surface area contributed by atoms with Gasteiger partial charge in [0.05, 0.1) is 16.2 Å². The number of carboxylic acids is 1. The van der Waals surface area contributed by atoms with Crippen molar-refractivity contribution in [2.24, 2.45) is 21.4 Å². The lowest BCUT2D eigenvalue weighted by Gasteiger charge is -2.38. The molecule has 0 aliphatic rings. The Kier molecular flexibility index (Phi) is 8.81. The second-order valence-corrected chi connectivity index (χ2v) is 7.65. The van der Waals surface area contributed by atoms with E-state index in [0.29, 0.717) is 0 Å². The van der Waals surface area contributed by atoms with Crippen LogP contribution in [0.25, 0.3) is 0 Å². The Morgan fingerprint density at radius 3 is 2.04 bits per heavy atom. The fraction of sp³-hybridized carbons (Fsp3) is 0.706. The van der Waals surface area contributed by atoms with Crippen LogP contribution in [0.3, 0.4) is 0 Å². The van der Waals surface area contributed by atoms with Crippen molar-refractivity contribution in [3.8, 4) is 0 Å². The van der Waals surface area contributed by atoms with Gasteiger partial charge in [-0.05, 0) is 47.0 Å². The maximum absolute atomic E-state index is 12.7. The third-order valence-corrected chi connectivity index (χ3v) is 4.58. The second kappa shape index (κ2) is 9.84. The van der Waals surface area contributed by atoms with E-state index in [-0.39, 0.29) is 19.3 Å². The SMILES string of the molecule is CCC(C)(CC(C)(CC(C)(C)C(=O)ON=C=O)C(=O)ONC(=O)NC)C(=O)O. The number of isocyanates is 1. The molecule has 0 rings (SSSR count). The summed E-state index contributed by atoms with van der Waals surface area (Å²) in [4.78, 5) is 67.3. The topological polar surface area (TPSA) is 160 Å². The Bertz CT molecular complexity index is 671. The predicted octanol–water partition coefficient (Wildman–Crippen LogP) is 1.48. The highest BCUT2D eigenvalue weighted by Gasteiger charge is 2.50. The molecule has 2 atom stereocenters. The molecule has 0 fully saturated rings. The van der Waals surface area contributed by atoms with Crippen molar-refractivity contribution >= 4 is 30.0 Å². The quantitative estimate of drug-likeness (QED) is 0.227. The van der Waals surface area contributed by atoms with Crippen molar-refractivity contribution in [3.05, 3.63) is 0 Å². The van der Waals surface area contributed by atoms with E-state index in [1.165, 1.54) is 34.7 Å². The van der Waals surface area contributed by atoms with Gasteiger partial charge in [-0.15, -0.1) is 0 Å². The summed E-state index contributed by atoms with van der Waals surface area (Å²) in [5.74, 6) is -2.97. The minimum Gasteiger partial charge on any atom is -0.481 e. The first-order chi connectivity index (χ1) is 12.8. The first-order valence-corrected chi connectivity index (χ1v) is 8.49. The summed E-state index contributed by atoms with van der Waals surface area (Å²) in [6.07, 6.45) is 0.878. The smallest absolute Gasteiger partial charge is 0.347 e. The first-order valence-electron chi connectivity index (χ1n) is 8.49. The van der Waals surface area contributed by atoms with Gasteiger partial charge in [-0.2, -0.15) is 5.48 Å². The molecular formula is C17H27N3O8. The Hall–Kier alpha value is -2.94. The van der Waals surface area contributed by atoms with E-state index in [2.05, 4.69) is 15.3 Å². The Morgan fingerprint density at radius 1 is 1.04 bits per heavy atom. The van der Waals surface area contributed by atoms with E-state index in [1.54, 1.807) is 6.92 Å². The van der Waals surface area contributed by atoms with Gasteiger partial charge in [0.2, 0.25) is 0 Å². The lowest BCUT2D eigenvalue weighted by molar-refractivity contribution is -0.170. The van der Waals surface area contributed by atoms with Crippen LogP contribution in [0.1, 0.15) is 53.9 Å². The number of carbonyl (C=O) groups is 4. The molecule has 0 heterocycles. The number of hydroxylamine groups is 1. The van der Waals surface area contributed by atoms with Gasteiger partial charge < -0.3 is 20.1 Å². The van der Waals surface area contributed by atoms with Gasteiger partial charge in [-0.25, -0.2) is 19.2 Å². The van der Waals surface area contributed by atoms with Crippen LogP contribution in [0, 0.1) is 16.2 Å². The molecule has 0 saturated heterocycles. The second-order valence-electron chi connectivity index (χ2n) is 7.65. The fourth-order valence-corrected chi connectivity index (χ4v) is 2.92. The number of carbonyl (C=O) groups excluding carboxylic acids is 4. The summed E-state index contributed by atoms with van der Waals surface area (Å²) < 4.78 is 0. The maximum atomic E-state index is 12.7. The predicted molar refractivity (Wildman–Crippen MR) is 95.1 cm³/mol. The van der Waals surface area contributed by atoms with E-state index in [1.807, 2.05) is 5.48 Å². The van der Waals surface area contributed by atoms with Crippen LogP contribution in [0.5, 0.6) is 0 Å². The normalized spacial score (nSPS) is 15.1. The van der Waals surface area contributed by atoms with Crippen molar-refractivity contribution in [1.29, 1.82) is 0 Å². The van der Waals surface area contributed by atoms with Gasteiger partial charge >= 0.3 is 23.9 Å². The molecule has 0 aromatic carbocycles. The van der Waals surface area contributed by atoms with Crippen LogP contribution in [-0.2, 0) is 28.9 Å². The molecular weight excluding hydrogens is 374 g/mol. The van der Waals surface area contributed by atoms with Crippen LogP contribution >= 0.6 is 0 Å². The van der Waals surface area contributed by atoms with Crippen molar-refractivity contribution < 1.29 is 38.8 Å². The van der Waals surface area contributed by atoms with Gasteiger partial charge in [-0.1, -0.05) is 6.92 Å². The van der Waals surface area contributed by atoms with Crippen LogP contribution in [0.15, 0.2) is 5.16 Å². The summed E-state index contributed by atoms with van der Waals surface area (Å²) >= 11 is 0. The summed E-state index contributed by atoms with van der Waals surface area (Å²) in [5.41, 5.74) is -2.26. The lowest BCUT2D eigenvalue weighted by atomic mass is 9.65. The average molecular weight is 401 g/mol. The molecule has 0 aliphatic carbocycles. The molecule has 0 radical (unpaired) electrons. The van der Waals surface area contributed by atoms with Crippen molar-refractivity contribution in [3.63, 3.8) is 0 Å². The molecule has 11 heteroatoms. The highest BCUT2D eigenvalue weighted by molar-refractivity contribution is 5.83. The Morgan fingerprint density at radius 2 is 1.61 bits per heavy atom. The number of hydrogen-bond acceptors (Lipinski definition) is 8. The van der Waals surface area contributed by atoms with E-state index in [0.717, 1.165) is 6.08 Å². The van der Waals surface area contributed by atoms with E-state index >= 15 is 0 Å². The van der Waals surface area contributed by atoms with Gasteiger partial charge in [0.15, 0.2) is 0 Å². The van der Waals surface area contributed by atoms with Crippen LogP contribution in [0.2, 0.25) is 0 Å². The number of amides is 2. The lowest BCUT2D eigenvalue weighted by Crippen LogP contribution is -2.46. The molecule has 0 spiro atoms. The molecule has 3 N–H and O–H groups in total. The highest BCUT2D eigenvalue weighted by atomic mass is 16.7. The molecule has 0 saturated carbocycles. The first kappa shape index (κ1) is 25.1. The Balaban J connectivity index is 5.86. The zero-order valence-corrected chi connectivity index (χ0v) is 16.9. The zero-order chi connectivity index (χ0) is 22.2. The maximum Gasteiger partial charge on any atom is 0.347 e. The standard InChI is InChI=1S/C17H27N3O8/c1-7-16(4,11(22)23)9-17(5,13(25)28-20-14(26)18-6)8-15(2,3)12(24)27-19-10-21/h7-9H2,1-6H3,(H,22,23)(H2,18,20,26). The fourth-order valence-electron chi connectivity index (χ4n) is 2.92. The van der Waals surface area contributed by atoms with Crippen LogP contribution in [-0.4, -0.2) is 42.2 Å². The molecule has 0 bridgehead atoms. The zero-order valence-electron chi connectivity index (χ0n) is 16.9. The molecule has 0 aromatic heterocycles. The van der Waals surface area contributed by atoms with Gasteiger partial charge in [0.25, 0.3) is 6.08 Å². The van der Waals surface area contributed by atoms with E-state index in [9.17, 15) is 29.1 Å². The minimum atomic E-state index is -1.50. The van der Waals surface area contributed by atoms with Crippen LogP contribution in [0.4, 0.5) is 4.79 Å². The molecule has 2 unspecified atom stereocenters. The molecule has 158 valence electrons. The molecule has 28 heavy (non-hydrogen) atoms. The molecule has 11 nitrogen and oxygen atoms in total. The third-order valence-electron chi connectivity index (χ3n) is 4.58. The number of nitrogens with zero attached hydrogens (tertiary/aromatic N) is 1. The van der Waals surface area contributed by atoms with Crippen molar-refractivity contribution in [2.45, 2.75) is 53.9 Å². The number of urea groups is 1. The third kappa shape index (κ3) is 6.66. The number of carboxylic acid groups (broad SMARTS) is 1. The van der Waals surface area contributed by atoms with E-state index in [4.69, 9.17) is 4.84 Å². The minimum absolute atomic E-state index is 0.187. The number of rotatable bonds is 9. The summed E-state index contributed by atoms with van der Waals surface area (Å²) in [6, 6.07) is -0.786. The van der Waals surface area contributed by atoms with Gasteiger partial charge in [-0.3, -0.25) is 4.79 Å². The van der Waals surface area contributed by atoms with Crippen molar-refractivity contribution in [1.82, 2.24) is 10.8 Å². The summed E-state index contributed by atoms with van der Waals surface area (Å²) in [6.45, 7) is 7.43. The van der Waals surface area contributed by atoms with E-state index < -0.39 is 40.2 Å². The Labute approximate surface area is 162 Å². The largest absolute Gasteiger partial charge is 0.481 e. The van der Waals surface area contributed by atoms with Crippen LogP contribution < -0.4 is 10.8 Å². The molecule has 2 amide bonds. The number of aliphatic carboxylic acids is 1. The molecule has 0 aromatic rings. The highest BCUT2D eigenvalue weighted by Crippen LogP contribution is 2.45. The van der Waals surface area contributed by atoms with Gasteiger partial charge in [0.1, 0.15) is 0 Å². The van der Waals surface area contributed by atoms with Gasteiger partial charge in [0, 0.05) is 12.2 Å². The number of hydrogen-bond donors (Lipinski definition) is 3. The summed E-state index contributed by atoms with van der Waals surface area (Å²) in [5, 5.41) is 14.5. The molecule has 0 aliphatic heterocycles. The monoisotopic (exact) mass is 401 g/mol. The summed E-state index contributed by atoms with van der Waals surface area (Å²) in [7, 11) is 1.31. The number of nitrogens with one attached hydrogen (secondary N) is 2. The van der Waals surface area contributed by atoms with Crippen molar-refractivity contribution in [2.75, 3.05) is 7.05 Å². The average Bonchev–Trinajstić information content (AvgIpc) is 2.62.